The molecule has 170 valence electrons. The molecule has 2 heteroatoms. The molecule has 0 unspecified atom stereocenters. The molecule has 0 fully saturated rings. The number of rotatable bonds is 5. The summed E-state index contributed by atoms with van der Waals surface area (Å²) in [5.41, 5.74) is 9.72. The fourth-order valence-corrected chi connectivity index (χ4v) is 4.83. The summed E-state index contributed by atoms with van der Waals surface area (Å²) in [5.74, 6) is -0.898. The van der Waals surface area contributed by atoms with Crippen LogP contribution in [-0.4, -0.2) is 11.1 Å². The van der Waals surface area contributed by atoms with E-state index < -0.39 is 5.97 Å². The highest BCUT2D eigenvalue weighted by Gasteiger charge is 2.37. The first-order chi connectivity index (χ1) is 15.5. The molecule has 0 saturated heterocycles. The third-order valence-corrected chi connectivity index (χ3v) is 7.24. The molecule has 0 heterocycles. The van der Waals surface area contributed by atoms with Crippen molar-refractivity contribution >= 4 is 18.1 Å². The van der Waals surface area contributed by atoms with Gasteiger partial charge in [-0.2, -0.15) is 0 Å². The molecule has 0 saturated carbocycles. The summed E-state index contributed by atoms with van der Waals surface area (Å²) in [7, 11) is 0. The second-order valence-electron chi connectivity index (χ2n) is 10.8. The zero-order valence-corrected chi connectivity index (χ0v) is 20.4. The molecule has 3 aromatic rings. The normalized spacial score (nSPS) is 16.5. The van der Waals surface area contributed by atoms with Crippen molar-refractivity contribution < 1.29 is 9.90 Å². The number of carbonyl (C=O) groups is 1. The molecular weight excluding hydrogens is 404 g/mol. The van der Waals surface area contributed by atoms with E-state index in [0.29, 0.717) is 5.56 Å². The van der Waals surface area contributed by atoms with Crippen LogP contribution in [0.1, 0.15) is 89.8 Å². The number of hydrogen-bond donors (Lipinski definition) is 1. The van der Waals surface area contributed by atoms with Gasteiger partial charge in [-0.25, -0.2) is 4.79 Å². The molecule has 0 atom stereocenters. The maximum absolute atomic E-state index is 11.2. The molecular formula is C31H34O2. The lowest BCUT2D eigenvalue weighted by Crippen LogP contribution is -2.34. The van der Waals surface area contributed by atoms with Gasteiger partial charge in [0, 0.05) is 0 Å². The Morgan fingerprint density at radius 2 is 1.42 bits per heavy atom. The molecule has 0 aromatic heterocycles. The quantitative estimate of drug-likeness (QED) is 0.413. The molecule has 0 amide bonds. The van der Waals surface area contributed by atoms with Gasteiger partial charge >= 0.3 is 5.97 Å². The van der Waals surface area contributed by atoms with Crippen molar-refractivity contribution in [2.75, 3.05) is 0 Å². The lowest BCUT2D eigenvalue weighted by Gasteiger charge is -2.42. The van der Waals surface area contributed by atoms with Crippen LogP contribution in [0.25, 0.3) is 12.2 Å². The summed E-state index contributed by atoms with van der Waals surface area (Å²) >= 11 is 0. The van der Waals surface area contributed by atoms with Gasteiger partial charge in [0.05, 0.1) is 5.56 Å². The Morgan fingerprint density at radius 3 is 2.00 bits per heavy atom. The Hall–Kier alpha value is -3.13. The summed E-state index contributed by atoms with van der Waals surface area (Å²) in [4.78, 5) is 11.2. The van der Waals surface area contributed by atoms with Gasteiger partial charge in [-0.1, -0.05) is 93.9 Å². The van der Waals surface area contributed by atoms with E-state index in [9.17, 15) is 4.79 Å². The van der Waals surface area contributed by atoms with Gasteiger partial charge in [0.15, 0.2) is 0 Å². The molecule has 0 radical (unpaired) electrons. The molecule has 1 aliphatic rings. The van der Waals surface area contributed by atoms with Gasteiger partial charge in [0.25, 0.3) is 0 Å². The van der Waals surface area contributed by atoms with Gasteiger partial charge in [-0.3, -0.25) is 0 Å². The first-order valence-corrected chi connectivity index (χ1v) is 11.8. The minimum atomic E-state index is -0.898. The summed E-state index contributed by atoms with van der Waals surface area (Å²) in [6.45, 7) is 11.6. The fourth-order valence-electron chi connectivity index (χ4n) is 4.83. The predicted molar refractivity (Wildman–Crippen MR) is 138 cm³/mol. The molecule has 0 spiro atoms. The third kappa shape index (κ3) is 4.95. The monoisotopic (exact) mass is 438 g/mol. The van der Waals surface area contributed by atoms with Crippen LogP contribution in [0.3, 0.4) is 0 Å². The maximum Gasteiger partial charge on any atom is 0.335 e. The average Bonchev–Trinajstić information content (AvgIpc) is 2.77. The number of carboxylic acids is 1. The maximum atomic E-state index is 11.2. The van der Waals surface area contributed by atoms with E-state index >= 15 is 0 Å². The van der Waals surface area contributed by atoms with Crippen LogP contribution in [0, 0.1) is 6.92 Å². The highest BCUT2D eigenvalue weighted by Crippen LogP contribution is 2.47. The van der Waals surface area contributed by atoms with Crippen LogP contribution in [0.5, 0.6) is 0 Å². The highest BCUT2D eigenvalue weighted by atomic mass is 16.4. The van der Waals surface area contributed by atoms with Crippen molar-refractivity contribution in [3.63, 3.8) is 0 Å². The molecule has 1 aliphatic carbocycles. The first kappa shape index (κ1) is 23.0. The molecule has 33 heavy (non-hydrogen) atoms. The highest BCUT2D eigenvalue weighted by molar-refractivity contribution is 5.88. The first-order valence-electron chi connectivity index (χ1n) is 11.8. The van der Waals surface area contributed by atoms with Gasteiger partial charge in [-0.05, 0) is 82.5 Å². The van der Waals surface area contributed by atoms with Gasteiger partial charge in [0.2, 0.25) is 0 Å². The average molecular weight is 439 g/mol. The Kier molecular flexibility index (Phi) is 6.05. The van der Waals surface area contributed by atoms with Crippen molar-refractivity contribution in [3.05, 3.63) is 105 Å². The number of benzene rings is 3. The van der Waals surface area contributed by atoms with Crippen molar-refractivity contribution in [1.82, 2.24) is 0 Å². The van der Waals surface area contributed by atoms with Crippen LogP contribution in [0.15, 0.2) is 60.7 Å². The molecule has 0 aliphatic heterocycles. The molecule has 3 aromatic carbocycles. The van der Waals surface area contributed by atoms with E-state index in [4.69, 9.17) is 5.11 Å². The van der Waals surface area contributed by atoms with Gasteiger partial charge in [0.1, 0.15) is 0 Å². The van der Waals surface area contributed by atoms with Crippen molar-refractivity contribution in [2.24, 2.45) is 0 Å². The van der Waals surface area contributed by atoms with Crippen LogP contribution in [0.4, 0.5) is 0 Å². The SMILES string of the molecule is Cc1ccc(Cc2cc3c(cc2C=Cc2ccc(C(=O)O)cc2)C(C)(C)CCC3(C)C)cc1. The van der Waals surface area contributed by atoms with E-state index in [1.807, 2.05) is 12.1 Å². The number of aromatic carboxylic acids is 1. The minimum absolute atomic E-state index is 0.152. The van der Waals surface area contributed by atoms with E-state index in [0.717, 1.165) is 12.0 Å². The van der Waals surface area contributed by atoms with Crippen LogP contribution >= 0.6 is 0 Å². The lowest BCUT2D eigenvalue weighted by atomic mass is 9.62. The van der Waals surface area contributed by atoms with E-state index in [-0.39, 0.29) is 10.8 Å². The van der Waals surface area contributed by atoms with Crippen molar-refractivity contribution in [1.29, 1.82) is 0 Å². The number of aryl methyl sites for hydroxylation is 1. The van der Waals surface area contributed by atoms with Crippen LogP contribution in [0.2, 0.25) is 0 Å². The Morgan fingerprint density at radius 1 is 0.848 bits per heavy atom. The number of carboxylic acid groups (broad SMARTS) is 1. The summed E-state index contributed by atoms with van der Waals surface area (Å²) in [5, 5.41) is 9.16. The summed E-state index contributed by atoms with van der Waals surface area (Å²) in [6.07, 6.45) is 7.55. The zero-order valence-electron chi connectivity index (χ0n) is 20.4. The zero-order chi connectivity index (χ0) is 23.8. The van der Waals surface area contributed by atoms with Gasteiger partial charge in [-0.15, -0.1) is 0 Å². The Labute approximate surface area is 198 Å². The molecule has 2 nitrogen and oxygen atoms in total. The second-order valence-corrected chi connectivity index (χ2v) is 10.8. The summed E-state index contributed by atoms with van der Waals surface area (Å²) in [6, 6.07) is 20.7. The largest absolute Gasteiger partial charge is 0.478 e. The Bertz CT molecular complexity index is 1190. The Balaban J connectivity index is 1.79. The molecule has 4 rings (SSSR count). The van der Waals surface area contributed by atoms with Crippen molar-refractivity contribution in [2.45, 2.75) is 64.7 Å². The standard InChI is InChI=1S/C31H34O2/c1-21-6-8-23(9-7-21)18-26-20-28-27(30(2,3)16-17-31(28,4)5)19-25(26)15-12-22-10-13-24(14-11-22)29(32)33/h6-15,19-20H,16-18H2,1-5H3,(H,32,33). The predicted octanol–water partition coefficient (Wildman–Crippen LogP) is 7.80. The number of fused-ring (bicyclic) bond motifs is 1. The third-order valence-electron chi connectivity index (χ3n) is 7.24. The molecule has 0 bridgehead atoms. The molecule has 1 N–H and O–H groups in total. The van der Waals surface area contributed by atoms with Crippen LogP contribution in [-0.2, 0) is 17.3 Å². The lowest BCUT2D eigenvalue weighted by molar-refractivity contribution is 0.0697. The fraction of sp³-hybridized carbons (Fsp3) is 0.323. The van der Waals surface area contributed by atoms with Crippen LogP contribution < -0.4 is 0 Å². The van der Waals surface area contributed by atoms with Gasteiger partial charge < -0.3 is 5.11 Å². The van der Waals surface area contributed by atoms with E-state index in [1.54, 1.807) is 12.1 Å². The van der Waals surface area contributed by atoms with E-state index in [2.05, 4.69) is 83.2 Å². The smallest absolute Gasteiger partial charge is 0.335 e. The topological polar surface area (TPSA) is 37.3 Å². The van der Waals surface area contributed by atoms with E-state index in [1.165, 1.54) is 46.2 Å². The minimum Gasteiger partial charge on any atom is -0.478 e. The summed E-state index contributed by atoms with van der Waals surface area (Å²) < 4.78 is 0. The number of hydrogen-bond acceptors (Lipinski definition) is 1. The second kappa shape index (κ2) is 8.67. The van der Waals surface area contributed by atoms with Crippen molar-refractivity contribution in [3.8, 4) is 0 Å².